The molecule has 0 saturated heterocycles. The fourth-order valence-corrected chi connectivity index (χ4v) is 2.65. The summed E-state index contributed by atoms with van der Waals surface area (Å²) in [5.41, 5.74) is 0.440. The van der Waals surface area contributed by atoms with Crippen LogP contribution in [0.5, 0.6) is 0 Å². The molecular weight excluding hydrogens is 296 g/mol. The second-order valence-electron chi connectivity index (χ2n) is 4.03. The van der Waals surface area contributed by atoms with E-state index in [0.29, 0.717) is 10.6 Å². The summed E-state index contributed by atoms with van der Waals surface area (Å²) in [6.45, 7) is 0. The van der Waals surface area contributed by atoms with Gasteiger partial charge in [0, 0.05) is 16.0 Å². The monoisotopic (exact) mass is 306 g/mol. The van der Waals surface area contributed by atoms with E-state index in [4.69, 9.17) is 11.6 Å². The lowest BCUT2D eigenvalue weighted by Crippen LogP contribution is -1.99. The minimum Gasteiger partial charge on any atom is -0.289 e. The molecule has 0 radical (unpaired) electrons. The molecule has 0 saturated carbocycles. The molecule has 0 N–H and O–H groups in total. The number of hydrogen-bond acceptors (Lipinski definition) is 3. The fourth-order valence-electron chi connectivity index (χ4n) is 1.55. The van der Waals surface area contributed by atoms with Crippen molar-refractivity contribution in [3.8, 4) is 0 Å². The molecule has 0 aromatic heterocycles. The van der Waals surface area contributed by atoms with Gasteiger partial charge in [-0.2, -0.15) is 0 Å². The second-order valence-corrected chi connectivity index (χ2v) is 6.30. The molecule has 2 aromatic carbocycles. The largest absolute Gasteiger partial charge is 0.289 e. The molecule has 0 atom stereocenters. The fraction of sp³-hybridized carbons (Fsp3) is 0. The normalized spacial score (nSPS) is 11.7. The van der Waals surface area contributed by atoms with Crippen molar-refractivity contribution in [2.24, 2.45) is 0 Å². The molecule has 0 amide bonds. The Morgan fingerprint density at radius 1 is 0.950 bits per heavy atom. The van der Waals surface area contributed by atoms with Gasteiger partial charge in [0.1, 0.15) is 0 Å². The van der Waals surface area contributed by atoms with E-state index in [-0.39, 0.29) is 10.7 Å². The van der Waals surface area contributed by atoms with Crippen LogP contribution in [0.1, 0.15) is 10.4 Å². The highest BCUT2D eigenvalue weighted by molar-refractivity contribution is 7.94. The van der Waals surface area contributed by atoms with Gasteiger partial charge >= 0.3 is 0 Å². The number of benzene rings is 2. The summed E-state index contributed by atoms with van der Waals surface area (Å²) < 4.78 is 24.0. The molecule has 0 fully saturated rings. The van der Waals surface area contributed by atoms with Gasteiger partial charge < -0.3 is 0 Å². The van der Waals surface area contributed by atoms with Crippen molar-refractivity contribution in [1.29, 1.82) is 0 Å². The summed E-state index contributed by atoms with van der Waals surface area (Å²) in [6.07, 6.45) is 1.05. The third-order valence-electron chi connectivity index (χ3n) is 2.60. The summed E-state index contributed by atoms with van der Waals surface area (Å²) >= 11 is 5.70. The number of hydrogen-bond donors (Lipinski definition) is 0. The van der Waals surface area contributed by atoms with Crippen LogP contribution in [-0.4, -0.2) is 14.2 Å². The van der Waals surface area contributed by atoms with Crippen molar-refractivity contribution >= 4 is 27.2 Å². The van der Waals surface area contributed by atoms with Crippen LogP contribution in [0.25, 0.3) is 0 Å². The number of ketones is 1. The predicted molar refractivity (Wildman–Crippen MR) is 78.6 cm³/mol. The molecule has 102 valence electrons. The molecule has 0 aliphatic carbocycles. The van der Waals surface area contributed by atoms with Gasteiger partial charge in [0.15, 0.2) is 15.6 Å². The first-order valence-corrected chi connectivity index (χ1v) is 7.69. The lowest BCUT2D eigenvalue weighted by Gasteiger charge is -1.99. The van der Waals surface area contributed by atoms with Gasteiger partial charge in [-0.25, -0.2) is 8.42 Å². The first kappa shape index (κ1) is 14.5. The number of carbonyl (C=O) groups is 1. The van der Waals surface area contributed by atoms with E-state index in [9.17, 15) is 13.2 Å². The quantitative estimate of drug-likeness (QED) is 0.641. The average molecular weight is 307 g/mol. The third kappa shape index (κ3) is 3.56. The summed E-state index contributed by atoms with van der Waals surface area (Å²) in [5, 5.41) is 1.36. The Hall–Kier alpha value is -1.91. The smallest absolute Gasteiger partial charge is 0.199 e. The summed E-state index contributed by atoms with van der Waals surface area (Å²) in [7, 11) is -3.64. The molecule has 0 heterocycles. The lowest BCUT2D eigenvalue weighted by molar-refractivity contribution is 0.104. The van der Waals surface area contributed by atoms with E-state index in [0.717, 1.165) is 11.5 Å². The molecule has 2 rings (SSSR count). The Morgan fingerprint density at radius 2 is 1.55 bits per heavy atom. The molecule has 0 aliphatic rings. The van der Waals surface area contributed by atoms with Crippen LogP contribution in [-0.2, 0) is 9.84 Å². The van der Waals surface area contributed by atoms with Crippen molar-refractivity contribution < 1.29 is 13.2 Å². The van der Waals surface area contributed by atoms with Crippen molar-refractivity contribution in [2.75, 3.05) is 0 Å². The Morgan fingerprint density at radius 3 is 2.15 bits per heavy atom. The molecule has 0 unspecified atom stereocenters. The highest BCUT2D eigenvalue weighted by Gasteiger charge is 2.11. The molecule has 3 nitrogen and oxygen atoms in total. The van der Waals surface area contributed by atoms with E-state index in [1.165, 1.54) is 24.3 Å². The zero-order valence-electron chi connectivity index (χ0n) is 10.4. The maximum Gasteiger partial charge on any atom is 0.199 e. The summed E-state index contributed by atoms with van der Waals surface area (Å²) in [5.74, 6) is -0.358. The zero-order valence-corrected chi connectivity index (χ0v) is 11.9. The zero-order chi connectivity index (χ0) is 14.6. The highest BCUT2D eigenvalue weighted by atomic mass is 35.5. The SMILES string of the molecule is O=C(/C=C/S(=O)(=O)c1ccc(Cl)cc1)c1ccccc1. The maximum absolute atomic E-state index is 12.0. The van der Waals surface area contributed by atoms with Gasteiger partial charge in [-0.1, -0.05) is 41.9 Å². The van der Waals surface area contributed by atoms with E-state index in [1.54, 1.807) is 30.3 Å². The van der Waals surface area contributed by atoms with E-state index in [2.05, 4.69) is 0 Å². The van der Waals surface area contributed by atoms with E-state index < -0.39 is 9.84 Å². The van der Waals surface area contributed by atoms with Crippen molar-refractivity contribution in [2.45, 2.75) is 4.90 Å². The maximum atomic E-state index is 12.0. The van der Waals surface area contributed by atoms with Gasteiger partial charge in [-0.3, -0.25) is 4.79 Å². The van der Waals surface area contributed by atoms with Crippen molar-refractivity contribution in [3.63, 3.8) is 0 Å². The second kappa shape index (κ2) is 6.03. The van der Waals surface area contributed by atoms with Gasteiger partial charge in [0.2, 0.25) is 0 Å². The minimum absolute atomic E-state index is 0.0963. The molecule has 0 spiro atoms. The Bertz CT molecular complexity index is 732. The molecule has 5 heteroatoms. The number of rotatable bonds is 4. The number of carbonyl (C=O) groups excluding carboxylic acids is 1. The molecule has 20 heavy (non-hydrogen) atoms. The highest BCUT2D eigenvalue weighted by Crippen LogP contribution is 2.16. The van der Waals surface area contributed by atoms with Crippen LogP contribution in [0.15, 0.2) is 71.0 Å². The minimum atomic E-state index is -3.64. The van der Waals surface area contributed by atoms with Crippen LogP contribution in [0, 0.1) is 0 Å². The van der Waals surface area contributed by atoms with Crippen LogP contribution in [0.4, 0.5) is 0 Å². The van der Waals surface area contributed by atoms with Gasteiger partial charge in [-0.05, 0) is 30.3 Å². The molecule has 0 bridgehead atoms. The van der Waals surface area contributed by atoms with Crippen molar-refractivity contribution in [1.82, 2.24) is 0 Å². The first-order chi connectivity index (χ1) is 9.49. The predicted octanol–water partition coefficient (Wildman–Crippen LogP) is 3.51. The van der Waals surface area contributed by atoms with Crippen LogP contribution >= 0.6 is 11.6 Å². The molecular formula is C15H11ClO3S. The van der Waals surface area contributed by atoms with Gasteiger partial charge in [-0.15, -0.1) is 0 Å². The standard InChI is InChI=1S/C15H11ClO3S/c16-13-6-8-14(9-7-13)20(18,19)11-10-15(17)12-4-2-1-3-5-12/h1-11H/b11-10+. The average Bonchev–Trinajstić information content (AvgIpc) is 2.46. The lowest BCUT2D eigenvalue weighted by atomic mass is 10.1. The number of sulfone groups is 1. The van der Waals surface area contributed by atoms with Gasteiger partial charge in [0.25, 0.3) is 0 Å². The van der Waals surface area contributed by atoms with E-state index in [1.807, 2.05) is 0 Å². The van der Waals surface area contributed by atoms with E-state index >= 15 is 0 Å². The molecule has 0 aliphatic heterocycles. The number of allylic oxidation sites excluding steroid dienone is 1. The Kier molecular flexibility index (Phi) is 4.37. The summed E-state index contributed by atoms with van der Waals surface area (Å²) in [4.78, 5) is 11.9. The molecule has 2 aromatic rings. The Labute approximate surface area is 122 Å². The topological polar surface area (TPSA) is 51.2 Å². The first-order valence-electron chi connectivity index (χ1n) is 5.77. The van der Waals surface area contributed by atoms with Crippen molar-refractivity contribution in [3.05, 3.63) is 76.7 Å². The van der Waals surface area contributed by atoms with Gasteiger partial charge in [0.05, 0.1) is 4.90 Å². The van der Waals surface area contributed by atoms with Crippen LogP contribution in [0.3, 0.4) is 0 Å². The summed E-state index contributed by atoms with van der Waals surface area (Å²) in [6, 6.07) is 14.2. The third-order valence-corrected chi connectivity index (χ3v) is 4.27. The Balaban J connectivity index is 2.22. The van der Waals surface area contributed by atoms with Crippen LogP contribution in [0.2, 0.25) is 5.02 Å². The number of halogens is 1. The van der Waals surface area contributed by atoms with Crippen LogP contribution < -0.4 is 0 Å².